The van der Waals surface area contributed by atoms with E-state index in [2.05, 4.69) is 15.6 Å². The molecule has 4 aliphatic rings. The van der Waals surface area contributed by atoms with Crippen molar-refractivity contribution in [3.8, 4) is 0 Å². The van der Waals surface area contributed by atoms with Crippen molar-refractivity contribution < 1.29 is 69.0 Å². The van der Waals surface area contributed by atoms with Gasteiger partial charge in [-0.25, -0.2) is 0 Å². The second kappa shape index (κ2) is 14.1. The van der Waals surface area contributed by atoms with Crippen LogP contribution < -0.4 is 10.6 Å². The smallest absolute Gasteiger partial charge is 0.217 e. The van der Waals surface area contributed by atoms with Crippen molar-refractivity contribution in [2.75, 3.05) is 19.8 Å². The Balaban J connectivity index is 1.57. The molecule has 0 aromatic rings. The molecule has 4 aliphatic heterocycles. The van der Waals surface area contributed by atoms with Gasteiger partial charge in [-0.2, -0.15) is 0 Å². The fourth-order valence-corrected chi connectivity index (χ4v) is 6.59. The molecular formula is C24H39N3O14S. The third kappa shape index (κ3) is 6.90. The first-order valence-electron chi connectivity index (χ1n) is 13.5. The van der Waals surface area contributed by atoms with Crippen LogP contribution in [-0.4, -0.2) is 164 Å². The van der Waals surface area contributed by atoms with E-state index >= 15 is 0 Å². The summed E-state index contributed by atoms with van der Waals surface area (Å²) in [6.45, 7) is 2.06. The number of aliphatic hydroxyl groups excluding tert-OH is 7. The van der Waals surface area contributed by atoms with Crippen molar-refractivity contribution in [3.63, 3.8) is 0 Å². The molecule has 4 heterocycles. The first-order chi connectivity index (χ1) is 19.9. The summed E-state index contributed by atoms with van der Waals surface area (Å²) in [5, 5.41) is 78.2. The Bertz CT molecular complexity index is 994. The number of nitrogens with one attached hydrogen (secondary N) is 2. The predicted octanol–water partition coefficient (Wildman–Crippen LogP) is -5.10. The monoisotopic (exact) mass is 625 g/mol. The van der Waals surface area contributed by atoms with Gasteiger partial charge in [0, 0.05) is 13.8 Å². The van der Waals surface area contributed by atoms with Crippen LogP contribution in [0.1, 0.15) is 20.8 Å². The molecule has 0 unspecified atom stereocenters. The average Bonchev–Trinajstić information content (AvgIpc) is 3.32. The molecule has 0 aromatic carbocycles. The minimum atomic E-state index is -1.67. The molecule has 9 N–H and O–H groups in total. The molecule has 0 radical (unpaired) electrons. The zero-order valence-electron chi connectivity index (χ0n) is 23.1. The molecule has 240 valence electrons. The highest BCUT2D eigenvalue weighted by Crippen LogP contribution is 2.39. The molecular weight excluding hydrogens is 586 g/mol. The molecule has 0 aliphatic carbocycles. The van der Waals surface area contributed by atoms with Gasteiger partial charge in [0.15, 0.2) is 18.8 Å². The number of ether oxygens (including phenoxy) is 5. The van der Waals surface area contributed by atoms with Crippen LogP contribution >= 0.6 is 11.8 Å². The minimum absolute atomic E-state index is 0.550. The zero-order chi connectivity index (χ0) is 30.9. The molecule has 2 amide bonds. The molecule has 0 aromatic heterocycles. The first kappa shape index (κ1) is 33.4. The average molecular weight is 626 g/mol. The fraction of sp³-hybridized carbons (Fsp3) is 0.875. The van der Waals surface area contributed by atoms with Gasteiger partial charge in [0.05, 0.1) is 36.2 Å². The molecule has 0 spiro atoms. The van der Waals surface area contributed by atoms with E-state index in [9.17, 15) is 45.3 Å². The molecule has 4 rings (SSSR count). The standard InChI is InChI=1S/C24H39N3O14S/c1-7(31)25-13-16(34)15(33)10(4-28)38-23(13)40-19-12(6-30)39-24(14(17(19)35)26-8(2)32)41-20-11(5-29)37-22-21(18(20)36)42-9(3)27-22/h10-24,28-30,33-36H,4-6H2,1-3H3,(H,25,31)(H,26,32)/t10-,11-,12-,13-,14-,15-,16-,17-,18+,19-,20-,21-,22+,23+,24+/m1/s1. The molecule has 15 atom stereocenters. The van der Waals surface area contributed by atoms with Gasteiger partial charge in [-0.3, -0.25) is 14.6 Å². The highest BCUT2D eigenvalue weighted by atomic mass is 32.2. The Hall–Kier alpha value is -1.52. The highest BCUT2D eigenvalue weighted by molar-refractivity contribution is 8.14. The first-order valence-corrected chi connectivity index (χ1v) is 14.4. The van der Waals surface area contributed by atoms with Crippen LogP contribution in [-0.2, 0) is 33.3 Å². The lowest BCUT2D eigenvalue weighted by atomic mass is 9.94. The van der Waals surface area contributed by atoms with Crippen LogP contribution in [0.5, 0.6) is 0 Å². The Morgan fingerprint density at radius 2 is 1.24 bits per heavy atom. The number of nitrogens with zero attached hydrogens (tertiary/aromatic N) is 1. The molecule has 3 fully saturated rings. The third-order valence-electron chi connectivity index (χ3n) is 7.49. The summed E-state index contributed by atoms with van der Waals surface area (Å²) in [6, 6.07) is -2.72. The topological polar surface area (TPSA) is 258 Å². The Kier molecular flexibility index (Phi) is 11.2. The second-order valence-corrected chi connectivity index (χ2v) is 11.9. The van der Waals surface area contributed by atoms with Crippen LogP contribution in [0.25, 0.3) is 0 Å². The summed E-state index contributed by atoms with van der Waals surface area (Å²) in [5.74, 6) is -1.21. The number of hydrogen-bond acceptors (Lipinski definition) is 16. The van der Waals surface area contributed by atoms with Crippen LogP contribution in [0, 0.1) is 0 Å². The van der Waals surface area contributed by atoms with E-state index in [4.69, 9.17) is 23.7 Å². The molecule has 0 bridgehead atoms. The molecule has 17 nitrogen and oxygen atoms in total. The lowest BCUT2D eigenvalue weighted by molar-refractivity contribution is -0.345. The van der Waals surface area contributed by atoms with Crippen molar-refractivity contribution in [3.05, 3.63) is 0 Å². The zero-order valence-corrected chi connectivity index (χ0v) is 23.9. The van der Waals surface area contributed by atoms with Crippen LogP contribution in [0.15, 0.2) is 4.99 Å². The van der Waals surface area contributed by atoms with Crippen molar-refractivity contribution in [2.45, 2.75) is 112 Å². The number of hydrogen-bond donors (Lipinski definition) is 9. The predicted molar refractivity (Wildman–Crippen MR) is 141 cm³/mol. The summed E-state index contributed by atoms with van der Waals surface area (Å²) in [6.07, 6.45) is -16.2. The van der Waals surface area contributed by atoms with Gasteiger partial charge in [-0.05, 0) is 6.92 Å². The van der Waals surface area contributed by atoms with Gasteiger partial charge in [0.2, 0.25) is 11.8 Å². The SMILES string of the molecule is CC(=O)N[C@H]1[C@H](O[C@H]2[C@H](O)[C@H]3SC(C)=N[C@H]3O[C@@H]2CO)O[C@H](CO)[C@@H](O[C@@H]2O[C@H](CO)[C@@H](O)[C@H](O)[C@H]2NC(C)=O)[C@@H]1O. The number of carbonyl (C=O) groups excluding carboxylic acids is 2. The Morgan fingerprint density at radius 1 is 0.762 bits per heavy atom. The number of aliphatic hydroxyl groups is 7. The lowest BCUT2D eigenvalue weighted by Gasteiger charge is -2.49. The van der Waals surface area contributed by atoms with Gasteiger partial charge in [0.25, 0.3) is 0 Å². The number of amides is 2. The number of rotatable bonds is 9. The van der Waals surface area contributed by atoms with E-state index in [-0.39, 0.29) is 0 Å². The van der Waals surface area contributed by atoms with Crippen molar-refractivity contribution in [1.82, 2.24) is 10.6 Å². The maximum absolute atomic E-state index is 12.1. The van der Waals surface area contributed by atoms with Crippen molar-refractivity contribution >= 4 is 28.6 Å². The number of carbonyl (C=O) groups is 2. The third-order valence-corrected chi connectivity index (χ3v) is 8.72. The minimum Gasteiger partial charge on any atom is -0.394 e. The van der Waals surface area contributed by atoms with Gasteiger partial charge in [0.1, 0.15) is 60.9 Å². The van der Waals surface area contributed by atoms with Crippen LogP contribution in [0.4, 0.5) is 0 Å². The summed E-state index contributed by atoms with van der Waals surface area (Å²) < 4.78 is 29.2. The summed E-state index contributed by atoms with van der Waals surface area (Å²) in [5.41, 5.74) is 0. The lowest BCUT2D eigenvalue weighted by Crippen LogP contribution is -2.70. The van der Waals surface area contributed by atoms with Crippen LogP contribution in [0.2, 0.25) is 0 Å². The molecule has 18 heteroatoms. The molecule has 0 saturated carbocycles. The van der Waals surface area contributed by atoms with E-state index < -0.39 is 123 Å². The summed E-state index contributed by atoms with van der Waals surface area (Å²) in [7, 11) is 0. The maximum atomic E-state index is 12.1. The number of aliphatic imine (C=N–C) groups is 1. The molecule has 42 heavy (non-hydrogen) atoms. The second-order valence-electron chi connectivity index (χ2n) is 10.5. The normalized spacial score (nSPS) is 45.6. The van der Waals surface area contributed by atoms with Gasteiger partial charge in [-0.1, -0.05) is 0 Å². The quantitative estimate of drug-likeness (QED) is 0.116. The highest BCUT2D eigenvalue weighted by Gasteiger charge is 2.55. The van der Waals surface area contributed by atoms with Crippen molar-refractivity contribution in [1.29, 1.82) is 0 Å². The van der Waals surface area contributed by atoms with E-state index in [1.54, 1.807) is 6.92 Å². The molecule has 3 saturated heterocycles. The van der Waals surface area contributed by atoms with E-state index in [0.717, 1.165) is 6.92 Å². The van der Waals surface area contributed by atoms with Gasteiger partial charge in [-0.15, -0.1) is 11.8 Å². The summed E-state index contributed by atoms with van der Waals surface area (Å²) in [4.78, 5) is 28.2. The van der Waals surface area contributed by atoms with Gasteiger partial charge >= 0.3 is 0 Å². The van der Waals surface area contributed by atoms with E-state index in [0.29, 0.717) is 5.04 Å². The number of thioether (sulfide) groups is 1. The van der Waals surface area contributed by atoms with Crippen LogP contribution in [0.3, 0.4) is 0 Å². The van der Waals surface area contributed by atoms with E-state index in [1.807, 2.05) is 0 Å². The summed E-state index contributed by atoms with van der Waals surface area (Å²) >= 11 is 1.27. The van der Waals surface area contributed by atoms with E-state index in [1.165, 1.54) is 18.7 Å². The Morgan fingerprint density at radius 3 is 1.76 bits per heavy atom. The number of fused-ring (bicyclic) bond motifs is 1. The maximum Gasteiger partial charge on any atom is 0.217 e. The Labute approximate surface area is 245 Å². The largest absolute Gasteiger partial charge is 0.394 e. The van der Waals surface area contributed by atoms with Crippen molar-refractivity contribution in [2.24, 2.45) is 4.99 Å². The fourth-order valence-electron chi connectivity index (χ4n) is 5.50. The van der Waals surface area contributed by atoms with Gasteiger partial charge < -0.3 is 70.1 Å².